The molecule has 0 fully saturated rings. The first-order valence-corrected chi connectivity index (χ1v) is 10.1. The Bertz CT molecular complexity index is 1090. The minimum Gasteiger partial charge on any atom is -0.483 e. The van der Waals surface area contributed by atoms with Crippen molar-refractivity contribution in [1.82, 2.24) is 9.55 Å². The average molecular weight is 491 g/mol. The van der Waals surface area contributed by atoms with Crippen LogP contribution in [0, 0.1) is 0 Å². The summed E-state index contributed by atoms with van der Waals surface area (Å²) in [6.45, 7) is 0.771. The predicted molar refractivity (Wildman–Crippen MR) is 137 cm³/mol. The van der Waals surface area contributed by atoms with Crippen LogP contribution in [0.1, 0.15) is 20.3 Å². The lowest BCUT2D eigenvalue weighted by Crippen LogP contribution is -2.10. The molecule has 0 radical (unpaired) electrons. The lowest BCUT2D eigenvalue weighted by Gasteiger charge is -2.09. The zero-order valence-electron chi connectivity index (χ0n) is 19.1. The van der Waals surface area contributed by atoms with E-state index in [0.29, 0.717) is 43.0 Å². The van der Waals surface area contributed by atoms with Gasteiger partial charge in [-0.1, -0.05) is 7.43 Å². The second kappa shape index (κ2) is 16.2. The normalized spacial score (nSPS) is 9.31. The SMILES string of the molecule is C.COC(=O)CCNc1cc(N)ccc1N.COC(=O)CCn1cnc2ccc(N)cc21.O=CO. The number of ether oxygens (including phenoxy) is 2. The first kappa shape index (κ1) is 30.5. The molecule has 1 aromatic heterocycles. The van der Waals surface area contributed by atoms with Gasteiger partial charge in [0.15, 0.2) is 0 Å². The zero-order valence-corrected chi connectivity index (χ0v) is 19.1. The highest BCUT2D eigenvalue weighted by Crippen LogP contribution is 2.21. The maximum absolute atomic E-state index is 11.0. The smallest absolute Gasteiger partial charge is 0.307 e. The molecule has 8 N–H and O–H groups in total. The van der Waals surface area contributed by atoms with Crippen LogP contribution in [0.15, 0.2) is 42.7 Å². The summed E-state index contributed by atoms with van der Waals surface area (Å²) in [6, 6.07) is 10.7. The van der Waals surface area contributed by atoms with E-state index >= 15 is 0 Å². The highest BCUT2D eigenvalue weighted by Gasteiger charge is 2.06. The lowest BCUT2D eigenvalue weighted by atomic mass is 10.2. The highest BCUT2D eigenvalue weighted by molar-refractivity contribution is 5.79. The number of fused-ring (bicyclic) bond motifs is 1. The summed E-state index contributed by atoms with van der Waals surface area (Å²) >= 11 is 0. The van der Waals surface area contributed by atoms with E-state index in [-0.39, 0.29) is 25.8 Å². The van der Waals surface area contributed by atoms with Crippen LogP contribution in [0.2, 0.25) is 0 Å². The molecule has 3 aromatic rings. The molecule has 12 nitrogen and oxygen atoms in total. The van der Waals surface area contributed by atoms with Gasteiger partial charge in [0, 0.05) is 24.5 Å². The minimum atomic E-state index is -0.259. The van der Waals surface area contributed by atoms with Crippen LogP contribution >= 0.6 is 0 Å². The fourth-order valence-corrected chi connectivity index (χ4v) is 2.69. The van der Waals surface area contributed by atoms with E-state index in [4.69, 9.17) is 27.1 Å². The van der Waals surface area contributed by atoms with Crippen molar-refractivity contribution in [1.29, 1.82) is 0 Å². The number of nitrogen functional groups attached to an aromatic ring is 3. The van der Waals surface area contributed by atoms with E-state index < -0.39 is 0 Å². The molecular weight excluding hydrogens is 456 g/mol. The number of nitrogens with zero attached hydrogens (tertiary/aromatic N) is 2. The number of benzene rings is 2. The molecule has 2 aromatic carbocycles. The van der Waals surface area contributed by atoms with E-state index in [2.05, 4.69) is 19.8 Å². The number of carbonyl (C=O) groups is 3. The van der Waals surface area contributed by atoms with Gasteiger partial charge in [-0.25, -0.2) is 4.98 Å². The van der Waals surface area contributed by atoms with E-state index in [0.717, 1.165) is 16.7 Å². The molecule has 0 saturated carbocycles. The number of esters is 2. The summed E-state index contributed by atoms with van der Waals surface area (Å²) in [6.07, 6.45) is 2.33. The molecule has 12 heteroatoms. The molecule has 3 rings (SSSR count). The van der Waals surface area contributed by atoms with E-state index in [1.807, 2.05) is 16.7 Å². The van der Waals surface area contributed by atoms with Crippen molar-refractivity contribution in [3.05, 3.63) is 42.7 Å². The number of anilines is 4. The number of carbonyl (C=O) groups excluding carboxylic acids is 2. The van der Waals surface area contributed by atoms with Crippen LogP contribution in [0.3, 0.4) is 0 Å². The summed E-state index contributed by atoms with van der Waals surface area (Å²) in [7, 11) is 2.74. The van der Waals surface area contributed by atoms with Gasteiger partial charge < -0.3 is 41.7 Å². The number of imidazole rings is 1. The Morgan fingerprint density at radius 1 is 1.03 bits per heavy atom. The molecule has 192 valence electrons. The Kier molecular flexibility index (Phi) is 14.1. The van der Waals surface area contributed by atoms with E-state index in [1.165, 1.54) is 14.2 Å². The number of nitrogens with one attached hydrogen (secondary N) is 1. The van der Waals surface area contributed by atoms with Crippen LogP contribution in [0.25, 0.3) is 11.0 Å². The first-order valence-electron chi connectivity index (χ1n) is 10.1. The van der Waals surface area contributed by atoms with Crippen LogP contribution < -0.4 is 22.5 Å². The van der Waals surface area contributed by atoms with E-state index in [1.54, 1.807) is 30.6 Å². The number of hydrogen-bond acceptors (Lipinski definition) is 10. The maximum Gasteiger partial charge on any atom is 0.307 e. The Morgan fingerprint density at radius 3 is 2.23 bits per heavy atom. The summed E-state index contributed by atoms with van der Waals surface area (Å²) in [4.78, 5) is 34.4. The quantitative estimate of drug-likeness (QED) is 0.185. The molecule has 0 bridgehead atoms. The van der Waals surface area contributed by atoms with Gasteiger partial charge in [-0.2, -0.15) is 0 Å². The Morgan fingerprint density at radius 2 is 1.60 bits per heavy atom. The summed E-state index contributed by atoms with van der Waals surface area (Å²) in [5.41, 5.74) is 21.5. The number of aromatic nitrogens is 2. The number of hydrogen-bond donors (Lipinski definition) is 5. The zero-order chi connectivity index (χ0) is 25.5. The predicted octanol–water partition coefficient (Wildman–Crippen LogP) is 2.34. The molecule has 0 aliphatic rings. The van der Waals surface area contributed by atoms with Crippen LogP contribution in [0.4, 0.5) is 22.7 Å². The maximum atomic E-state index is 11.0. The topological polar surface area (TPSA) is 198 Å². The average Bonchev–Trinajstić information content (AvgIpc) is 3.22. The van der Waals surface area contributed by atoms with Crippen molar-refractivity contribution in [2.24, 2.45) is 0 Å². The van der Waals surface area contributed by atoms with Crippen molar-refractivity contribution in [3.8, 4) is 0 Å². The van der Waals surface area contributed by atoms with Gasteiger partial charge in [0.05, 0.1) is 55.8 Å². The lowest BCUT2D eigenvalue weighted by molar-refractivity contribution is -0.141. The van der Waals surface area contributed by atoms with Crippen molar-refractivity contribution >= 4 is 52.2 Å². The highest BCUT2D eigenvalue weighted by atomic mass is 16.5. The van der Waals surface area contributed by atoms with Crippen molar-refractivity contribution in [2.75, 3.05) is 43.3 Å². The second-order valence-corrected chi connectivity index (χ2v) is 6.72. The monoisotopic (exact) mass is 490 g/mol. The van der Waals surface area contributed by atoms with Gasteiger partial charge in [-0.15, -0.1) is 0 Å². The summed E-state index contributed by atoms with van der Waals surface area (Å²) in [5, 5.41) is 9.90. The van der Waals surface area contributed by atoms with Gasteiger partial charge >= 0.3 is 11.9 Å². The molecule has 0 aliphatic heterocycles. The fourth-order valence-electron chi connectivity index (χ4n) is 2.69. The third-order valence-corrected chi connectivity index (χ3v) is 4.38. The van der Waals surface area contributed by atoms with Crippen LogP contribution in [-0.2, 0) is 30.4 Å². The fraction of sp³-hybridized carbons (Fsp3) is 0.304. The molecule has 1 heterocycles. The number of aryl methyl sites for hydroxylation is 1. The van der Waals surface area contributed by atoms with Gasteiger partial charge in [0.2, 0.25) is 0 Å². The minimum absolute atomic E-state index is 0. The van der Waals surface area contributed by atoms with Gasteiger partial charge in [-0.3, -0.25) is 14.4 Å². The third-order valence-electron chi connectivity index (χ3n) is 4.38. The number of carboxylic acid groups (broad SMARTS) is 1. The van der Waals surface area contributed by atoms with Gasteiger partial charge in [0.1, 0.15) is 0 Å². The Hall–Kier alpha value is -4.48. The summed E-state index contributed by atoms with van der Waals surface area (Å²) in [5.74, 6) is -0.490. The molecule has 0 saturated heterocycles. The van der Waals surface area contributed by atoms with Crippen molar-refractivity contribution in [2.45, 2.75) is 26.8 Å². The molecule has 0 amide bonds. The molecule has 0 atom stereocenters. The molecular formula is C23H34N6O6. The van der Waals surface area contributed by atoms with Crippen molar-refractivity contribution in [3.63, 3.8) is 0 Å². The van der Waals surface area contributed by atoms with E-state index in [9.17, 15) is 9.59 Å². The Labute approximate surface area is 204 Å². The Balaban J connectivity index is 0.000000580. The van der Waals surface area contributed by atoms with Gasteiger partial charge in [0.25, 0.3) is 6.47 Å². The first-order chi connectivity index (χ1) is 16.2. The van der Waals surface area contributed by atoms with Crippen molar-refractivity contribution < 1.29 is 29.0 Å². The number of rotatable bonds is 7. The molecule has 0 unspecified atom stereocenters. The van der Waals surface area contributed by atoms with Gasteiger partial charge in [-0.05, 0) is 36.4 Å². The number of methoxy groups -OCH3 is 2. The third kappa shape index (κ3) is 10.8. The molecule has 0 spiro atoms. The molecule has 0 aliphatic carbocycles. The molecule has 35 heavy (non-hydrogen) atoms. The second-order valence-electron chi connectivity index (χ2n) is 6.72. The van der Waals surface area contributed by atoms with Crippen LogP contribution in [-0.4, -0.2) is 53.8 Å². The largest absolute Gasteiger partial charge is 0.483 e. The number of nitrogens with two attached hydrogens (primary N) is 3. The standard InChI is InChI=1S/C11H13N3O2.C10H15N3O2.CH2O2.CH4/c1-16-11(15)4-5-14-7-13-9-3-2-8(12)6-10(9)14;1-15-10(14)4-5-13-9-6-7(11)2-3-8(9)12;2-1-3;/h2-3,6-7H,4-5,12H2,1H3;2-3,6,13H,4-5,11-12H2,1H3;1H,(H,2,3);1H4. The van der Waals surface area contributed by atoms with Crippen LogP contribution in [0.5, 0.6) is 0 Å². The summed E-state index contributed by atoms with van der Waals surface area (Å²) < 4.78 is 11.0.